The minimum absolute atomic E-state index is 0.0508. The van der Waals surface area contributed by atoms with E-state index < -0.39 is 0 Å². The Kier molecular flexibility index (Phi) is 6.06. The predicted octanol–water partition coefficient (Wildman–Crippen LogP) is 5.73. The lowest BCUT2D eigenvalue weighted by atomic mass is 10.1. The summed E-state index contributed by atoms with van der Waals surface area (Å²) in [6, 6.07) is 7.68. The normalized spacial score (nSPS) is 15.1. The maximum Gasteiger partial charge on any atom is 0.244 e. The molecule has 0 radical (unpaired) electrons. The molecule has 1 atom stereocenters. The Morgan fingerprint density at radius 1 is 1.29 bits per heavy atom. The van der Waals surface area contributed by atoms with Gasteiger partial charge in [0.05, 0.1) is 28.3 Å². The van der Waals surface area contributed by atoms with Crippen molar-refractivity contribution in [3.8, 4) is 16.2 Å². The average Bonchev–Trinajstić information content (AvgIpc) is 3.56. The summed E-state index contributed by atoms with van der Waals surface area (Å²) in [7, 11) is 0. The Morgan fingerprint density at radius 3 is 2.88 bits per heavy atom. The van der Waals surface area contributed by atoms with E-state index in [0.717, 1.165) is 37.2 Å². The molecule has 3 aromatic heterocycles. The van der Waals surface area contributed by atoms with Gasteiger partial charge in [-0.3, -0.25) is 14.0 Å². The number of ketones is 1. The number of imidazole rings is 1. The summed E-state index contributed by atoms with van der Waals surface area (Å²) in [4.78, 5) is 32.3. The van der Waals surface area contributed by atoms with Gasteiger partial charge in [-0.15, -0.1) is 22.7 Å². The molecule has 174 valence electrons. The van der Waals surface area contributed by atoms with Gasteiger partial charge in [-0.05, 0) is 56.7 Å². The summed E-state index contributed by atoms with van der Waals surface area (Å²) in [6.07, 6.45) is 5.52. The standard InChI is InChI=1S/C25H22ClN3O3S2/c1-13-15(3)33-25-28-11-18(29(13)25)4-7-23(31)27-12-19-9-17-8-16(10-20(26)24(17)32-19)22-6-5-21(34-22)14(2)30/h4-8,10-11,19H,9,12H2,1-3H3,(H,27,31)/b7-4+. The van der Waals surface area contributed by atoms with Gasteiger partial charge in [-0.25, -0.2) is 4.98 Å². The summed E-state index contributed by atoms with van der Waals surface area (Å²) < 4.78 is 8.06. The SMILES string of the molecule is CC(=O)c1ccc(-c2cc(Cl)c3c(c2)CC(CNC(=O)/C=C/c2cnc4sc(C)c(C)n24)O3)s1. The van der Waals surface area contributed by atoms with E-state index in [1.807, 2.05) is 29.5 Å². The number of halogens is 1. The zero-order valence-electron chi connectivity index (χ0n) is 18.8. The Hall–Kier alpha value is -2.94. The minimum Gasteiger partial charge on any atom is -0.486 e. The van der Waals surface area contributed by atoms with Gasteiger partial charge in [0.2, 0.25) is 5.91 Å². The molecular formula is C25H22ClN3O3S2. The van der Waals surface area contributed by atoms with Crippen LogP contribution in [0.1, 0.15) is 38.4 Å². The van der Waals surface area contributed by atoms with E-state index in [4.69, 9.17) is 16.3 Å². The van der Waals surface area contributed by atoms with E-state index in [0.29, 0.717) is 23.7 Å². The van der Waals surface area contributed by atoms with Crippen molar-refractivity contribution in [2.45, 2.75) is 33.3 Å². The van der Waals surface area contributed by atoms with Crippen LogP contribution < -0.4 is 10.1 Å². The molecule has 5 rings (SSSR count). The van der Waals surface area contributed by atoms with Crippen molar-refractivity contribution in [2.24, 2.45) is 0 Å². The number of ether oxygens (including phenoxy) is 1. The number of hydrogen-bond donors (Lipinski definition) is 1. The second-order valence-electron chi connectivity index (χ2n) is 8.23. The van der Waals surface area contributed by atoms with Crippen LogP contribution in [0.4, 0.5) is 0 Å². The van der Waals surface area contributed by atoms with Gasteiger partial charge in [0.15, 0.2) is 10.7 Å². The number of aromatic nitrogens is 2. The van der Waals surface area contributed by atoms with Gasteiger partial charge >= 0.3 is 0 Å². The third-order valence-electron chi connectivity index (χ3n) is 5.85. The van der Waals surface area contributed by atoms with Gasteiger partial charge in [0.1, 0.15) is 11.9 Å². The smallest absolute Gasteiger partial charge is 0.244 e. The zero-order chi connectivity index (χ0) is 24.0. The van der Waals surface area contributed by atoms with Crippen LogP contribution in [0.5, 0.6) is 5.75 Å². The van der Waals surface area contributed by atoms with Crippen molar-refractivity contribution < 1.29 is 14.3 Å². The van der Waals surface area contributed by atoms with Crippen LogP contribution in [-0.2, 0) is 11.2 Å². The van der Waals surface area contributed by atoms with Crippen LogP contribution in [0.3, 0.4) is 0 Å². The van der Waals surface area contributed by atoms with E-state index in [2.05, 4.69) is 23.3 Å². The van der Waals surface area contributed by atoms with Crippen molar-refractivity contribution in [1.82, 2.24) is 14.7 Å². The molecule has 0 spiro atoms. The van der Waals surface area contributed by atoms with Gasteiger partial charge in [-0.2, -0.15) is 0 Å². The predicted molar refractivity (Wildman–Crippen MR) is 137 cm³/mol. The first-order valence-corrected chi connectivity index (χ1v) is 12.8. The summed E-state index contributed by atoms with van der Waals surface area (Å²) in [5.41, 5.74) is 3.96. The Morgan fingerprint density at radius 2 is 2.12 bits per heavy atom. The number of aryl methyl sites for hydroxylation is 2. The Labute approximate surface area is 209 Å². The molecule has 0 aliphatic carbocycles. The summed E-state index contributed by atoms with van der Waals surface area (Å²) in [5.74, 6) is 0.518. The van der Waals surface area contributed by atoms with Crippen molar-refractivity contribution in [1.29, 1.82) is 0 Å². The number of nitrogens with one attached hydrogen (secondary N) is 1. The monoisotopic (exact) mass is 511 g/mol. The number of thiophene rings is 1. The van der Waals surface area contributed by atoms with Crippen molar-refractivity contribution >= 4 is 57.0 Å². The van der Waals surface area contributed by atoms with Crippen LogP contribution in [0.15, 0.2) is 36.5 Å². The molecule has 1 unspecified atom stereocenters. The molecule has 9 heteroatoms. The van der Waals surface area contributed by atoms with E-state index in [-0.39, 0.29) is 17.8 Å². The highest BCUT2D eigenvalue weighted by Crippen LogP contribution is 2.41. The fourth-order valence-corrected chi connectivity index (χ4v) is 6.13. The minimum atomic E-state index is -0.195. The quantitative estimate of drug-likeness (QED) is 0.265. The van der Waals surface area contributed by atoms with E-state index in [9.17, 15) is 9.59 Å². The summed E-state index contributed by atoms with van der Waals surface area (Å²) >= 11 is 9.58. The highest BCUT2D eigenvalue weighted by Gasteiger charge is 2.26. The average molecular weight is 512 g/mol. The number of Topliss-reactive ketones (excluding diaryl/α,β-unsaturated/α-hetero) is 1. The molecule has 4 heterocycles. The Balaban J connectivity index is 1.23. The number of amides is 1. The van der Waals surface area contributed by atoms with E-state index in [1.54, 1.807) is 30.5 Å². The summed E-state index contributed by atoms with van der Waals surface area (Å²) in [5, 5.41) is 3.45. The van der Waals surface area contributed by atoms with Gasteiger partial charge in [-0.1, -0.05) is 11.6 Å². The molecule has 1 aliphatic heterocycles. The molecule has 1 N–H and O–H groups in total. The van der Waals surface area contributed by atoms with Crippen LogP contribution in [0, 0.1) is 13.8 Å². The second kappa shape index (κ2) is 9.02. The molecule has 6 nitrogen and oxygen atoms in total. The molecule has 0 saturated carbocycles. The first kappa shape index (κ1) is 22.8. The highest BCUT2D eigenvalue weighted by atomic mass is 35.5. The van der Waals surface area contributed by atoms with Crippen molar-refractivity contribution in [3.05, 3.63) is 68.3 Å². The number of hydrogen-bond acceptors (Lipinski definition) is 6. The number of carbonyl (C=O) groups excluding carboxylic acids is 2. The number of fused-ring (bicyclic) bond motifs is 2. The fourth-order valence-electron chi connectivity index (χ4n) is 4.00. The van der Waals surface area contributed by atoms with Crippen LogP contribution in [0.25, 0.3) is 21.5 Å². The maximum atomic E-state index is 12.4. The number of nitrogens with zero attached hydrogens (tertiary/aromatic N) is 2. The van der Waals surface area contributed by atoms with Crippen molar-refractivity contribution in [2.75, 3.05) is 6.54 Å². The molecule has 34 heavy (non-hydrogen) atoms. The lowest BCUT2D eigenvalue weighted by Crippen LogP contribution is -2.33. The Bertz CT molecular complexity index is 1460. The molecule has 0 fully saturated rings. The van der Waals surface area contributed by atoms with Gasteiger partial charge in [0.25, 0.3) is 0 Å². The first-order chi connectivity index (χ1) is 16.3. The third kappa shape index (κ3) is 4.29. The van der Waals surface area contributed by atoms with E-state index in [1.165, 1.54) is 22.3 Å². The van der Waals surface area contributed by atoms with Crippen LogP contribution >= 0.6 is 34.3 Å². The molecule has 0 saturated heterocycles. The highest BCUT2D eigenvalue weighted by molar-refractivity contribution is 7.17. The molecule has 1 aromatic carbocycles. The number of thiazole rings is 1. The van der Waals surface area contributed by atoms with Crippen LogP contribution in [-0.4, -0.2) is 33.7 Å². The largest absolute Gasteiger partial charge is 0.486 e. The number of benzene rings is 1. The van der Waals surface area contributed by atoms with Gasteiger partial charge in [0, 0.05) is 33.5 Å². The lowest BCUT2D eigenvalue weighted by molar-refractivity contribution is -0.116. The molecular weight excluding hydrogens is 490 g/mol. The number of carbonyl (C=O) groups is 2. The number of rotatable bonds is 6. The third-order valence-corrected chi connectivity index (χ3v) is 8.43. The van der Waals surface area contributed by atoms with Crippen molar-refractivity contribution in [3.63, 3.8) is 0 Å². The maximum absolute atomic E-state index is 12.4. The summed E-state index contributed by atoms with van der Waals surface area (Å²) in [6.45, 7) is 6.04. The topological polar surface area (TPSA) is 72.7 Å². The molecule has 4 aromatic rings. The molecule has 1 amide bonds. The first-order valence-electron chi connectivity index (χ1n) is 10.8. The second-order valence-corrected chi connectivity index (χ2v) is 10.9. The zero-order valence-corrected chi connectivity index (χ0v) is 21.2. The molecule has 0 bridgehead atoms. The lowest BCUT2D eigenvalue weighted by Gasteiger charge is -2.11. The van der Waals surface area contributed by atoms with Gasteiger partial charge < -0.3 is 10.1 Å². The fraction of sp³-hybridized carbons (Fsp3) is 0.240. The van der Waals surface area contributed by atoms with Crippen LogP contribution in [0.2, 0.25) is 5.02 Å². The molecule has 1 aliphatic rings. The van der Waals surface area contributed by atoms with E-state index >= 15 is 0 Å².